The Balaban J connectivity index is 1.15. The lowest BCUT2D eigenvalue weighted by atomic mass is 10.1. The maximum atomic E-state index is 12.6. The molecular weight excluding hydrogens is 482 g/mol. The van der Waals surface area contributed by atoms with Gasteiger partial charge >= 0.3 is 0 Å². The van der Waals surface area contributed by atoms with E-state index in [9.17, 15) is 4.79 Å². The van der Waals surface area contributed by atoms with E-state index in [0.717, 1.165) is 41.2 Å². The Morgan fingerprint density at radius 3 is 2.84 bits per heavy atom. The average molecular weight is 510 g/mol. The third-order valence-electron chi connectivity index (χ3n) is 6.51. The van der Waals surface area contributed by atoms with Crippen molar-refractivity contribution in [3.8, 4) is 11.5 Å². The van der Waals surface area contributed by atoms with Crippen molar-refractivity contribution >= 4 is 16.8 Å². The Bertz CT molecular complexity index is 1550. The molecule has 4 heterocycles. The van der Waals surface area contributed by atoms with Gasteiger partial charge in [-0.2, -0.15) is 0 Å². The van der Waals surface area contributed by atoms with Gasteiger partial charge in [0.05, 0.1) is 18.8 Å². The fourth-order valence-electron chi connectivity index (χ4n) is 4.57. The molecule has 9 heteroatoms. The number of benzene rings is 2. The molecule has 1 aliphatic heterocycles. The molecule has 9 nitrogen and oxygen atoms in total. The normalized spacial score (nSPS) is 12.3. The third-order valence-corrected chi connectivity index (χ3v) is 6.51. The van der Waals surface area contributed by atoms with Crippen molar-refractivity contribution in [3.63, 3.8) is 0 Å². The summed E-state index contributed by atoms with van der Waals surface area (Å²) in [6.45, 7) is 2.43. The molecule has 0 radical (unpaired) electrons. The van der Waals surface area contributed by atoms with Crippen molar-refractivity contribution in [1.82, 2.24) is 25.2 Å². The predicted molar refractivity (Wildman–Crippen MR) is 141 cm³/mol. The summed E-state index contributed by atoms with van der Waals surface area (Å²) < 4.78 is 16.7. The van der Waals surface area contributed by atoms with E-state index in [2.05, 4.69) is 49.6 Å². The number of carbonyl (C=O) groups is 1. The Morgan fingerprint density at radius 2 is 1.92 bits per heavy atom. The summed E-state index contributed by atoms with van der Waals surface area (Å²) in [7, 11) is 0. The van der Waals surface area contributed by atoms with Crippen molar-refractivity contribution in [2.24, 2.45) is 0 Å². The molecule has 1 aliphatic rings. The van der Waals surface area contributed by atoms with Gasteiger partial charge in [0, 0.05) is 36.4 Å². The van der Waals surface area contributed by atoms with E-state index in [1.54, 1.807) is 6.20 Å². The molecule has 38 heavy (non-hydrogen) atoms. The lowest BCUT2D eigenvalue weighted by molar-refractivity contribution is 0.0945. The molecule has 5 aromatic rings. The smallest absolute Gasteiger partial charge is 0.273 e. The van der Waals surface area contributed by atoms with Crippen molar-refractivity contribution < 1.29 is 18.7 Å². The topological polar surface area (TPSA) is 106 Å². The van der Waals surface area contributed by atoms with Crippen LogP contribution in [0.1, 0.15) is 33.2 Å². The number of nitrogens with zero attached hydrogens (tertiary/aromatic N) is 3. The third kappa shape index (κ3) is 5.37. The Hall–Kier alpha value is -4.63. The highest BCUT2D eigenvalue weighted by Gasteiger charge is 2.18. The largest absolute Gasteiger partial charge is 0.454 e. The van der Waals surface area contributed by atoms with Crippen LogP contribution in [0.15, 0.2) is 83.7 Å². The number of fused-ring (bicyclic) bond motifs is 2. The van der Waals surface area contributed by atoms with Crippen LogP contribution >= 0.6 is 0 Å². The molecule has 192 valence electrons. The summed E-state index contributed by atoms with van der Waals surface area (Å²) >= 11 is 0. The van der Waals surface area contributed by atoms with E-state index < -0.39 is 0 Å². The highest BCUT2D eigenvalue weighted by atomic mass is 16.7. The second-order valence-corrected chi connectivity index (χ2v) is 9.14. The molecule has 0 unspecified atom stereocenters. The zero-order valence-corrected chi connectivity index (χ0v) is 20.7. The number of aromatic nitrogens is 3. The number of rotatable bonds is 10. The minimum absolute atomic E-state index is 0.241. The molecule has 3 aromatic heterocycles. The van der Waals surface area contributed by atoms with E-state index >= 15 is 0 Å². The van der Waals surface area contributed by atoms with E-state index in [0.29, 0.717) is 25.5 Å². The fraction of sp³-hybridized carbons (Fsp3) is 0.207. The first kappa shape index (κ1) is 23.7. The van der Waals surface area contributed by atoms with Crippen LogP contribution in [-0.2, 0) is 26.1 Å². The number of hydrogen-bond acceptors (Lipinski definition) is 7. The van der Waals surface area contributed by atoms with Gasteiger partial charge in [-0.1, -0.05) is 30.3 Å². The number of amides is 1. The van der Waals surface area contributed by atoms with Crippen LogP contribution in [0.4, 0.5) is 0 Å². The van der Waals surface area contributed by atoms with E-state index in [-0.39, 0.29) is 18.4 Å². The first-order valence-electron chi connectivity index (χ1n) is 12.5. The van der Waals surface area contributed by atoms with Gasteiger partial charge in [0.25, 0.3) is 5.91 Å². The summed E-state index contributed by atoms with van der Waals surface area (Å²) in [5, 5.41) is 4.06. The highest BCUT2D eigenvalue weighted by Crippen LogP contribution is 2.33. The number of aromatic amines is 1. The van der Waals surface area contributed by atoms with Gasteiger partial charge in [-0.3, -0.25) is 14.7 Å². The summed E-state index contributed by atoms with van der Waals surface area (Å²) in [6.07, 6.45) is 6.01. The fourth-order valence-corrected chi connectivity index (χ4v) is 4.57. The maximum absolute atomic E-state index is 12.6. The molecule has 6 rings (SSSR count). The number of nitrogens with one attached hydrogen (secondary N) is 2. The first-order chi connectivity index (χ1) is 18.7. The summed E-state index contributed by atoms with van der Waals surface area (Å²) in [5.74, 6) is 1.69. The van der Waals surface area contributed by atoms with Gasteiger partial charge in [-0.05, 0) is 47.9 Å². The van der Waals surface area contributed by atoms with Crippen molar-refractivity contribution in [3.05, 3.63) is 108 Å². The first-order valence-corrected chi connectivity index (χ1v) is 12.5. The van der Waals surface area contributed by atoms with Crippen LogP contribution in [0, 0.1) is 0 Å². The number of hydrogen-bond donors (Lipinski definition) is 2. The quantitative estimate of drug-likeness (QED) is 0.286. The SMILES string of the molecule is O=C(NCc1ccccn1)c1coc(CN(CCc2c[nH]c3ccccc23)Cc2ccc3c(c2)OCO3)n1. The van der Waals surface area contributed by atoms with Crippen molar-refractivity contribution in [2.75, 3.05) is 13.3 Å². The second-order valence-electron chi connectivity index (χ2n) is 9.14. The van der Waals surface area contributed by atoms with Gasteiger partial charge in [-0.15, -0.1) is 0 Å². The number of oxazole rings is 1. The summed E-state index contributed by atoms with van der Waals surface area (Å²) in [6, 6.07) is 19.9. The maximum Gasteiger partial charge on any atom is 0.273 e. The number of ether oxygens (including phenoxy) is 2. The van der Waals surface area contributed by atoms with Crippen LogP contribution in [0.3, 0.4) is 0 Å². The van der Waals surface area contributed by atoms with E-state index in [1.165, 1.54) is 17.2 Å². The lowest BCUT2D eigenvalue weighted by Crippen LogP contribution is -2.26. The van der Waals surface area contributed by atoms with Crippen LogP contribution in [0.2, 0.25) is 0 Å². The molecule has 0 saturated heterocycles. The molecule has 2 N–H and O–H groups in total. The molecular formula is C29H27N5O4. The molecule has 2 aromatic carbocycles. The van der Waals surface area contributed by atoms with Crippen molar-refractivity contribution in [2.45, 2.75) is 26.1 Å². The van der Waals surface area contributed by atoms with Gasteiger partial charge in [0.1, 0.15) is 6.26 Å². The molecule has 0 saturated carbocycles. The standard InChI is InChI=1S/C29H27N5O4/c35-29(32-15-22-5-3-4-11-30-22)25-18-36-28(33-25)17-34(16-20-8-9-26-27(13-20)38-19-37-26)12-10-21-14-31-24-7-2-1-6-23(21)24/h1-9,11,13-14,18,31H,10,12,15-17,19H2,(H,32,35). The number of pyridine rings is 1. The minimum Gasteiger partial charge on any atom is -0.454 e. The lowest BCUT2D eigenvalue weighted by Gasteiger charge is -2.21. The van der Waals surface area contributed by atoms with Crippen LogP contribution in [-0.4, -0.2) is 39.1 Å². The van der Waals surface area contributed by atoms with Crippen LogP contribution in [0.25, 0.3) is 10.9 Å². The molecule has 1 amide bonds. The zero-order valence-electron chi connectivity index (χ0n) is 20.7. The zero-order chi connectivity index (χ0) is 25.7. The number of H-pyrrole nitrogens is 1. The second kappa shape index (κ2) is 10.8. The molecule has 0 fully saturated rings. The Labute approximate surface area is 219 Å². The van der Waals surface area contributed by atoms with Gasteiger partial charge in [0.15, 0.2) is 17.2 Å². The monoisotopic (exact) mass is 509 g/mol. The minimum atomic E-state index is -0.299. The average Bonchev–Trinajstić information content (AvgIpc) is 3.71. The van der Waals surface area contributed by atoms with E-state index in [4.69, 9.17) is 13.9 Å². The molecule has 0 atom stereocenters. The molecule has 0 aliphatic carbocycles. The highest BCUT2D eigenvalue weighted by molar-refractivity contribution is 5.91. The Kier molecular flexibility index (Phi) is 6.73. The summed E-state index contributed by atoms with van der Waals surface area (Å²) in [4.78, 5) is 26.9. The number of carbonyl (C=O) groups excluding carboxylic acids is 1. The van der Waals surface area contributed by atoms with Crippen molar-refractivity contribution in [1.29, 1.82) is 0 Å². The predicted octanol–water partition coefficient (Wildman–Crippen LogP) is 4.45. The van der Waals surface area contributed by atoms with Gasteiger partial charge < -0.3 is 24.2 Å². The van der Waals surface area contributed by atoms with Gasteiger partial charge in [0.2, 0.25) is 12.7 Å². The van der Waals surface area contributed by atoms with E-state index in [1.807, 2.05) is 42.5 Å². The van der Waals surface area contributed by atoms with Gasteiger partial charge in [-0.25, -0.2) is 4.98 Å². The van der Waals surface area contributed by atoms with Crippen LogP contribution in [0.5, 0.6) is 11.5 Å². The number of para-hydroxylation sites is 1. The molecule has 0 spiro atoms. The Morgan fingerprint density at radius 1 is 1.03 bits per heavy atom. The summed E-state index contributed by atoms with van der Waals surface area (Å²) in [5.41, 5.74) is 4.48. The molecule has 0 bridgehead atoms. The van der Waals surface area contributed by atoms with Crippen LogP contribution < -0.4 is 14.8 Å².